The molecule has 10 heteroatoms. The van der Waals surface area contributed by atoms with Crippen LogP contribution < -0.4 is 10.4 Å². The molecule has 0 amide bonds. The second kappa shape index (κ2) is 5.09. The van der Waals surface area contributed by atoms with E-state index in [1.54, 1.807) is 38.9 Å². The number of rotatable bonds is 3. The Bertz CT molecular complexity index is 1060. The van der Waals surface area contributed by atoms with Crippen molar-refractivity contribution in [2.45, 2.75) is 25.6 Å². The van der Waals surface area contributed by atoms with Gasteiger partial charge < -0.3 is 14.9 Å². The lowest BCUT2D eigenvalue weighted by molar-refractivity contribution is -0.389. The molecule has 1 aliphatic rings. The van der Waals surface area contributed by atoms with E-state index in [1.807, 2.05) is 6.92 Å². The van der Waals surface area contributed by atoms with E-state index < -0.39 is 10.5 Å². The number of aromatic nitrogens is 4. The lowest BCUT2D eigenvalue weighted by Gasteiger charge is -2.22. The predicted octanol–water partition coefficient (Wildman–Crippen LogP) is 1.95. The van der Waals surface area contributed by atoms with Crippen molar-refractivity contribution < 1.29 is 9.66 Å². The molecule has 3 heterocycles. The Labute approximate surface area is 146 Å². The Morgan fingerprint density at radius 1 is 1.44 bits per heavy atom. The van der Waals surface area contributed by atoms with Crippen molar-refractivity contribution in [3.8, 4) is 6.01 Å². The van der Waals surface area contributed by atoms with Crippen LogP contribution in [0.5, 0.6) is 6.01 Å². The maximum atomic E-state index is 12.6. The number of hydrogen-bond donors (Lipinski definition) is 0. The van der Waals surface area contributed by atoms with Crippen LogP contribution in [0.15, 0.2) is 29.2 Å². The van der Waals surface area contributed by atoms with Gasteiger partial charge in [-0.25, -0.2) is 4.79 Å². The molecule has 3 aromatic rings. The molecule has 1 aromatic carbocycles. The van der Waals surface area contributed by atoms with Gasteiger partial charge in [0.05, 0.1) is 24.1 Å². The molecule has 9 nitrogen and oxygen atoms in total. The van der Waals surface area contributed by atoms with Crippen LogP contribution in [0.2, 0.25) is 5.02 Å². The number of nitrogens with zero attached hydrogens (tertiary/aromatic N) is 5. The highest BCUT2D eigenvalue weighted by molar-refractivity contribution is 6.31. The molecule has 1 aliphatic heterocycles. The monoisotopic (exact) mass is 363 g/mol. The highest BCUT2D eigenvalue weighted by atomic mass is 35.5. The van der Waals surface area contributed by atoms with Crippen LogP contribution in [0.1, 0.15) is 6.92 Å². The van der Waals surface area contributed by atoms with Crippen LogP contribution in [0.25, 0.3) is 11.0 Å². The van der Waals surface area contributed by atoms with Crippen molar-refractivity contribution in [2.24, 2.45) is 7.05 Å². The van der Waals surface area contributed by atoms with Crippen LogP contribution in [-0.4, -0.2) is 29.2 Å². The fraction of sp³-hybridized carbons (Fsp3) is 0.333. The molecule has 0 aliphatic carbocycles. The van der Waals surface area contributed by atoms with Gasteiger partial charge in [-0.3, -0.25) is 13.7 Å². The summed E-state index contributed by atoms with van der Waals surface area (Å²) in [7, 11) is 1.70. The summed E-state index contributed by atoms with van der Waals surface area (Å²) in [5.41, 5.74) is 0.542. The van der Waals surface area contributed by atoms with Crippen LogP contribution in [0.4, 0.5) is 5.82 Å². The van der Waals surface area contributed by atoms with E-state index in [1.165, 1.54) is 6.20 Å². The van der Waals surface area contributed by atoms with Gasteiger partial charge >= 0.3 is 17.5 Å². The van der Waals surface area contributed by atoms with Gasteiger partial charge in [-0.2, -0.15) is 0 Å². The minimum Gasteiger partial charge on any atom is -0.436 e. The molecule has 0 spiro atoms. The summed E-state index contributed by atoms with van der Waals surface area (Å²) in [6.45, 7) is 2.45. The molecule has 0 N–H and O–H groups in total. The molecule has 1 unspecified atom stereocenters. The average molecular weight is 364 g/mol. The molecule has 4 rings (SSSR count). The van der Waals surface area contributed by atoms with E-state index in [9.17, 15) is 14.9 Å². The van der Waals surface area contributed by atoms with Gasteiger partial charge in [0, 0.05) is 17.1 Å². The number of ether oxygens (including phenoxy) is 1. The lowest BCUT2D eigenvalue weighted by atomic mass is 10.1. The van der Waals surface area contributed by atoms with Gasteiger partial charge in [-0.05, 0) is 30.0 Å². The van der Waals surface area contributed by atoms with Gasteiger partial charge in [-0.1, -0.05) is 11.6 Å². The lowest BCUT2D eigenvalue weighted by Crippen LogP contribution is -2.40. The SMILES string of the molecule is Cn1c(=O)n(CC2(C)Cn3cc([N+](=O)[O-])nc3O2)c2cc(Cl)ccc21. The topological polar surface area (TPSA) is 97.1 Å². The summed E-state index contributed by atoms with van der Waals surface area (Å²) in [6.07, 6.45) is 1.34. The zero-order chi connectivity index (χ0) is 17.9. The molecule has 2 aromatic heterocycles. The number of halogens is 1. The molecule has 0 saturated heterocycles. The first-order chi connectivity index (χ1) is 11.8. The highest BCUT2D eigenvalue weighted by Gasteiger charge is 2.41. The quantitative estimate of drug-likeness (QED) is 0.523. The van der Waals surface area contributed by atoms with E-state index >= 15 is 0 Å². The zero-order valence-electron chi connectivity index (χ0n) is 13.5. The van der Waals surface area contributed by atoms with Crippen molar-refractivity contribution in [1.29, 1.82) is 0 Å². The van der Waals surface area contributed by atoms with Crippen LogP contribution >= 0.6 is 11.6 Å². The summed E-state index contributed by atoms with van der Waals surface area (Å²) < 4.78 is 10.6. The number of nitro groups is 1. The Kier molecular flexibility index (Phi) is 3.20. The van der Waals surface area contributed by atoms with Gasteiger partial charge in [0.2, 0.25) is 0 Å². The third-order valence-electron chi connectivity index (χ3n) is 4.36. The summed E-state index contributed by atoms with van der Waals surface area (Å²) in [6, 6.07) is 5.44. The Hall–Kier alpha value is -2.81. The van der Waals surface area contributed by atoms with E-state index in [0.29, 0.717) is 17.1 Å². The largest absolute Gasteiger partial charge is 0.436 e. The van der Waals surface area contributed by atoms with Crippen molar-refractivity contribution >= 4 is 28.5 Å². The summed E-state index contributed by atoms with van der Waals surface area (Å²) in [5.74, 6) is -0.258. The average Bonchev–Trinajstić information content (AvgIpc) is 3.12. The van der Waals surface area contributed by atoms with Crippen LogP contribution in [0, 0.1) is 10.1 Å². The number of aryl methyl sites for hydroxylation is 1. The third-order valence-corrected chi connectivity index (χ3v) is 4.59. The fourth-order valence-corrected chi connectivity index (χ4v) is 3.40. The van der Waals surface area contributed by atoms with E-state index in [2.05, 4.69) is 4.98 Å². The van der Waals surface area contributed by atoms with Crippen molar-refractivity contribution in [1.82, 2.24) is 18.7 Å². The van der Waals surface area contributed by atoms with Gasteiger partial charge in [0.1, 0.15) is 11.8 Å². The zero-order valence-corrected chi connectivity index (χ0v) is 14.2. The minimum absolute atomic E-state index is 0.181. The van der Waals surface area contributed by atoms with Crippen molar-refractivity contribution in [3.63, 3.8) is 0 Å². The van der Waals surface area contributed by atoms with Gasteiger partial charge in [0.15, 0.2) is 0 Å². The molecule has 0 fully saturated rings. The predicted molar refractivity (Wildman–Crippen MR) is 90.1 cm³/mol. The third kappa shape index (κ3) is 2.39. The van der Waals surface area contributed by atoms with Gasteiger partial charge in [0.25, 0.3) is 0 Å². The number of fused-ring (bicyclic) bond motifs is 2. The van der Waals surface area contributed by atoms with E-state index in [0.717, 1.165) is 5.52 Å². The van der Waals surface area contributed by atoms with Crippen LogP contribution in [0.3, 0.4) is 0 Å². The molecule has 0 radical (unpaired) electrons. The second-order valence-corrected chi connectivity index (χ2v) is 6.82. The maximum absolute atomic E-state index is 12.6. The normalized spacial score (nSPS) is 19.2. The molecule has 0 saturated carbocycles. The number of imidazole rings is 2. The Morgan fingerprint density at radius 3 is 2.88 bits per heavy atom. The standard InChI is InChI=1S/C15H14ClN5O4/c1-15(7-19-6-12(21(23)24)17-13(19)25-15)8-20-11-5-9(16)3-4-10(11)18(2)14(20)22/h3-6H,7-8H2,1-2H3. The molecular weight excluding hydrogens is 350 g/mol. The number of benzene rings is 1. The van der Waals surface area contributed by atoms with E-state index in [4.69, 9.17) is 16.3 Å². The highest BCUT2D eigenvalue weighted by Crippen LogP contribution is 2.32. The number of hydrogen-bond acceptors (Lipinski definition) is 5. The molecule has 130 valence electrons. The van der Waals surface area contributed by atoms with Crippen molar-refractivity contribution in [3.05, 3.63) is 50.0 Å². The summed E-state index contributed by atoms with van der Waals surface area (Å²) in [5, 5.41) is 11.3. The Morgan fingerprint density at radius 2 is 2.20 bits per heavy atom. The fourth-order valence-electron chi connectivity index (χ4n) is 3.23. The maximum Gasteiger partial charge on any atom is 0.415 e. The smallest absolute Gasteiger partial charge is 0.415 e. The molecule has 0 bridgehead atoms. The second-order valence-electron chi connectivity index (χ2n) is 6.38. The molecular formula is C15H14ClN5O4. The first kappa shape index (κ1) is 15.7. The molecule has 25 heavy (non-hydrogen) atoms. The minimum atomic E-state index is -0.752. The summed E-state index contributed by atoms with van der Waals surface area (Å²) in [4.78, 5) is 26.7. The van der Waals surface area contributed by atoms with E-state index in [-0.39, 0.29) is 24.1 Å². The first-order valence-corrected chi connectivity index (χ1v) is 7.91. The summed E-state index contributed by atoms with van der Waals surface area (Å²) >= 11 is 6.07. The van der Waals surface area contributed by atoms with Crippen molar-refractivity contribution in [2.75, 3.05) is 0 Å². The first-order valence-electron chi connectivity index (χ1n) is 7.53. The van der Waals surface area contributed by atoms with Crippen LogP contribution in [-0.2, 0) is 20.1 Å². The van der Waals surface area contributed by atoms with Gasteiger partial charge in [-0.15, -0.1) is 0 Å². The Balaban J connectivity index is 1.71. The molecule has 1 atom stereocenters.